The molecule has 3 rings (SSSR count). The Morgan fingerprint density at radius 2 is 1.80 bits per heavy atom. The molecule has 2 heterocycles. The SMILES string of the molecule is CN1CCN(S(=O)(=O)c2cnn(C)c2)c2ccccc21. The Labute approximate surface area is 118 Å². The number of para-hydroxylation sites is 2. The fourth-order valence-corrected chi connectivity index (χ4v) is 3.84. The summed E-state index contributed by atoms with van der Waals surface area (Å²) in [5.74, 6) is 0. The van der Waals surface area contributed by atoms with E-state index in [9.17, 15) is 8.42 Å². The molecule has 2 aromatic rings. The van der Waals surface area contributed by atoms with E-state index in [1.165, 1.54) is 21.4 Å². The standard InChI is InChI=1S/C13H16N4O2S/c1-15-7-8-17(13-6-4-3-5-12(13)15)20(18,19)11-9-14-16(2)10-11/h3-6,9-10H,7-8H2,1-2H3. The van der Waals surface area contributed by atoms with Crippen LogP contribution in [-0.4, -0.2) is 38.3 Å². The first kappa shape index (κ1) is 13.0. The summed E-state index contributed by atoms with van der Waals surface area (Å²) in [5.41, 5.74) is 1.64. The van der Waals surface area contributed by atoms with Crippen LogP contribution in [0.5, 0.6) is 0 Å². The predicted octanol–water partition coefficient (Wildman–Crippen LogP) is 1.07. The summed E-state index contributed by atoms with van der Waals surface area (Å²) in [7, 11) is 0.116. The number of aryl methyl sites for hydroxylation is 1. The van der Waals surface area contributed by atoms with E-state index in [4.69, 9.17) is 0 Å². The summed E-state index contributed by atoms with van der Waals surface area (Å²) >= 11 is 0. The van der Waals surface area contributed by atoms with Crippen molar-refractivity contribution in [3.63, 3.8) is 0 Å². The van der Waals surface area contributed by atoms with E-state index in [1.807, 2.05) is 31.3 Å². The van der Waals surface area contributed by atoms with Crippen LogP contribution in [0.1, 0.15) is 0 Å². The second-order valence-electron chi connectivity index (χ2n) is 4.84. The number of nitrogens with zero attached hydrogens (tertiary/aromatic N) is 4. The molecular formula is C13H16N4O2S. The zero-order valence-corrected chi connectivity index (χ0v) is 12.2. The summed E-state index contributed by atoms with van der Waals surface area (Å²) in [6, 6.07) is 7.53. The average molecular weight is 292 g/mol. The Kier molecular flexibility index (Phi) is 2.93. The van der Waals surface area contributed by atoms with Crippen LogP contribution in [0.2, 0.25) is 0 Å². The molecule has 0 unspecified atom stereocenters. The third kappa shape index (κ3) is 1.94. The van der Waals surface area contributed by atoms with Crippen molar-refractivity contribution in [3.05, 3.63) is 36.7 Å². The minimum absolute atomic E-state index is 0.222. The Bertz CT molecular complexity index is 738. The molecule has 20 heavy (non-hydrogen) atoms. The highest BCUT2D eigenvalue weighted by Crippen LogP contribution is 2.35. The van der Waals surface area contributed by atoms with Gasteiger partial charge in [0.1, 0.15) is 4.90 Å². The quantitative estimate of drug-likeness (QED) is 0.830. The van der Waals surface area contributed by atoms with E-state index in [1.54, 1.807) is 7.05 Å². The van der Waals surface area contributed by atoms with Crippen molar-refractivity contribution in [2.75, 3.05) is 29.3 Å². The number of rotatable bonds is 2. The van der Waals surface area contributed by atoms with Crippen molar-refractivity contribution in [2.24, 2.45) is 7.05 Å². The predicted molar refractivity (Wildman–Crippen MR) is 77.5 cm³/mol. The Hall–Kier alpha value is -2.02. The first-order valence-corrected chi connectivity index (χ1v) is 7.76. The average Bonchev–Trinajstić information content (AvgIpc) is 2.87. The Morgan fingerprint density at radius 1 is 1.10 bits per heavy atom. The third-order valence-corrected chi connectivity index (χ3v) is 5.24. The van der Waals surface area contributed by atoms with Gasteiger partial charge in [-0.15, -0.1) is 0 Å². The molecule has 1 aliphatic rings. The van der Waals surface area contributed by atoms with Gasteiger partial charge in [0.15, 0.2) is 0 Å². The van der Waals surface area contributed by atoms with Gasteiger partial charge in [-0.1, -0.05) is 12.1 Å². The van der Waals surface area contributed by atoms with Crippen LogP contribution in [0, 0.1) is 0 Å². The van der Waals surface area contributed by atoms with Crippen LogP contribution in [0.4, 0.5) is 11.4 Å². The van der Waals surface area contributed by atoms with Gasteiger partial charge in [0.05, 0.1) is 24.1 Å². The number of hydrogen-bond donors (Lipinski definition) is 0. The molecule has 1 aromatic heterocycles. The van der Waals surface area contributed by atoms with Crippen molar-refractivity contribution in [2.45, 2.75) is 4.90 Å². The number of fused-ring (bicyclic) bond motifs is 1. The van der Waals surface area contributed by atoms with Gasteiger partial charge in [0, 0.05) is 26.8 Å². The molecule has 0 fully saturated rings. The molecule has 0 saturated heterocycles. The molecular weight excluding hydrogens is 276 g/mol. The van der Waals surface area contributed by atoms with Crippen LogP contribution < -0.4 is 9.21 Å². The van der Waals surface area contributed by atoms with Crippen LogP contribution in [0.3, 0.4) is 0 Å². The molecule has 1 aliphatic heterocycles. The zero-order chi connectivity index (χ0) is 14.3. The molecule has 0 saturated carbocycles. The number of sulfonamides is 1. The topological polar surface area (TPSA) is 58.4 Å². The van der Waals surface area contributed by atoms with Crippen molar-refractivity contribution in [1.82, 2.24) is 9.78 Å². The molecule has 6 nitrogen and oxygen atoms in total. The van der Waals surface area contributed by atoms with Gasteiger partial charge in [-0.25, -0.2) is 8.42 Å². The van der Waals surface area contributed by atoms with Crippen molar-refractivity contribution < 1.29 is 8.42 Å². The lowest BCUT2D eigenvalue weighted by atomic mass is 10.2. The van der Waals surface area contributed by atoms with Gasteiger partial charge in [-0.3, -0.25) is 8.99 Å². The molecule has 0 bridgehead atoms. The molecule has 1 aromatic carbocycles. The largest absolute Gasteiger partial charge is 0.371 e. The fourth-order valence-electron chi connectivity index (χ4n) is 2.39. The molecule has 0 spiro atoms. The number of likely N-dealkylation sites (N-methyl/N-ethyl adjacent to an activating group) is 1. The van der Waals surface area contributed by atoms with E-state index in [2.05, 4.69) is 10.00 Å². The number of benzene rings is 1. The molecule has 0 radical (unpaired) electrons. The first-order valence-electron chi connectivity index (χ1n) is 6.32. The normalized spacial score (nSPS) is 15.3. The summed E-state index contributed by atoms with van der Waals surface area (Å²) in [6.45, 7) is 1.10. The van der Waals surface area contributed by atoms with Gasteiger partial charge < -0.3 is 4.90 Å². The number of hydrogen-bond acceptors (Lipinski definition) is 4. The van der Waals surface area contributed by atoms with Gasteiger partial charge in [-0.05, 0) is 12.1 Å². The zero-order valence-electron chi connectivity index (χ0n) is 11.4. The molecule has 0 N–H and O–H groups in total. The second-order valence-corrected chi connectivity index (χ2v) is 6.70. The minimum Gasteiger partial charge on any atom is -0.371 e. The van der Waals surface area contributed by atoms with E-state index < -0.39 is 10.0 Å². The molecule has 0 atom stereocenters. The maximum Gasteiger partial charge on any atom is 0.267 e. The minimum atomic E-state index is -3.55. The van der Waals surface area contributed by atoms with Gasteiger partial charge in [0.25, 0.3) is 10.0 Å². The lowest BCUT2D eigenvalue weighted by molar-refractivity contribution is 0.589. The van der Waals surface area contributed by atoms with Crippen molar-refractivity contribution >= 4 is 21.4 Å². The highest BCUT2D eigenvalue weighted by molar-refractivity contribution is 7.92. The van der Waals surface area contributed by atoms with Crippen LogP contribution in [-0.2, 0) is 17.1 Å². The summed E-state index contributed by atoms with van der Waals surface area (Å²) in [5, 5.41) is 3.95. The van der Waals surface area contributed by atoms with Crippen LogP contribution >= 0.6 is 0 Å². The second kappa shape index (κ2) is 4.52. The monoisotopic (exact) mass is 292 g/mol. The third-order valence-electron chi connectivity index (χ3n) is 3.47. The molecule has 106 valence electrons. The number of anilines is 2. The van der Waals surface area contributed by atoms with Gasteiger partial charge >= 0.3 is 0 Å². The lowest BCUT2D eigenvalue weighted by Gasteiger charge is -2.35. The van der Waals surface area contributed by atoms with Crippen molar-refractivity contribution in [3.8, 4) is 0 Å². The summed E-state index contributed by atoms with van der Waals surface area (Å²) in [4.78, 5) is 2.28. The Balaban J connectivity index is 2.10. The molecule has 0 aliphatic carbocycles. The van der Waals surface area contributed by atoms with E-state index in [0.717, 1.165) is 5.69 Å². The maximum absolute atomic E-state index is 12.7. The highest BCUT2D eigenvalue weighted by atomic mass is 32.2. The number of aromatic nitrogens is 2. The maximum atomic E-state index is 12.7. The van der Waals surface area contributed by atoms with E-state index >= 15 is 0 Å². The van der Waals surface area contributed by atoms with E-state index in [-0.39, 0.29) is 4.90 Å². The van der Waals surface area contributed by atoms with Crippen LogP contribution in [0.25, 0.3) is 0 Å². The summed E-state index contributed by atoms with van der Waals surface area (Å²) in [6.07, 6.45) is 2.91. The van der Waals surface area contributed by atoms with Crippen molar-refractivity contribution in [1.29, 1.82) is 0 Å². The van der Waals surface area contributed by atoms with Gasteiger partial charge in [-0.2, -0.15) is 5.10 Å². The fraction of sp³-hybridized carbons (Fsp3) is 0.308. The Morgan fingerprint density at radius 3 is 2.45 bits per heavy atom. The van der Waals surface area contributed by atoms with Crippen LogP contribution in [0.15, 0.2) is 41.6 Å². The van der Waals surface area contributed by atoms with E-state index in [0.29, 0.717) is 18.8 Å². The highest BCUT2D eigenvalue weighted by Gasteiger charge is 2.31. The lowest BCUT2D eigenvalue weighted by Crippen LogP contribution is -2.42. The smallest absolute Gasteiger partial charge is 0.267 e. The molecule has 7 heteroatoms. The first-order chi connectivity index (χ1) is 9.50. The molecule has 0 amide bonds. The summed E-state index contributed by atoms with van der Waals surface area (Å²) < 4.78 is 28.4. The van der Waals surface area contributed by atoms with Gasteiger partial charge in [0.2, 0.25) is 0 Å².